The number of nitrogens with zero attached hydrogens (tertiary/aromatic N) is 3. The molecular formula is C20H16ClFN5. The molecular weight excluding hydrogens is 365 g/mol. The highest BCUT2D eigenvalue weighted by molar-refractivity contribution is 6.31. The molecule has 1 atom stereocenters. The maximum absolute atomic E-state index is 13.8. The first-order valence-corrected chi connectivity index (χ1v) is 8.79. The molecule has 2 aromatic carbocycles. The molecule has 2 heterocycles. The van der Waals surface area contributed by atoms with E-state index in [0.29, 0.717) is 22.0 Å². The lowest BCUT2D eigenvalue weighted by Crippen LogP contribution is -2.10. The Bertz CT molecular complexity index is 1120. The molecule has 4 rings (SSSR count). The minimum atomic E-state index is -0.297. The van der Waals surface area contributed by atoms with E-state index in [1.807, 2.05) is 26.0 Å². The van der Waals surface area contributed by atoms with Crippen LogP contribution in [-0.2, 0) is 0 Å². The predicted octanol–water partition coefficient (Wildman–Crippen LogP) is 5.09. The molecule has 7 heteroatoms. The Morgan fingerprint density at radius 2 is 2.07 bits per heavy atom. The molecule has 0 aliphatic carbocycles. The molecule has 0 amide bonds. The van der Waals surface area contributed by atoms with Gasteiger partial charge in [0, 0.05) is 5.02 Å². The molecule has 1 radical (unpaired) electrons. The number of aromatic nitrogens is 4. The van der Waals surface area contributed by atoms with Crippen LogP contribution in [0, 0.1) is 18.8 Å². The van der Waals surface area contributed by atoms with Crippen molar-refractivity contribution < 1.29 is 4.39 Å². The molecule has 135 valence electrons. The number of rotatable bonds is 4. The second-order valence-electron chi connectivity index (χ2n) is 6.27. The fourth-order valence-electron chi connectivity index (χ4n) is 3.01. The molecule has 0 spiro atoms. The van der Waals surface area contributed by atoms with Crippen molar-refractivity contribution in [3.05, 3.63) is 71.0 Å². The number of nitrogens with one attached hydrogen (secondary N) is 2. The third-order valence-corrected chi connectivity index (χ3v) is 4.78. The van der Waals surface area contributed by atoms with Crippen molar-refractivity contribution >= 4 is 28.6 Å². The highest BCUT2D eigenvalue weighted by atomic mass is 35.5. The average Bonchev–Trinajstić information content (AvgIpc) is 3.13. The van der Waals surface area contributed by atoms with Gasteiger partial charge in [0.15, 0.2) is 11.5 Å². The van der Waals surface area contributed by atoms with Gasteiger partial charge in [-0.15, -0.1) is 0 Å². The highest BCUT2D eigenvalue weighted by Crippen LogP contribution is 2.34. The molecule has 27 heavy (non-hydrogen) atoms. The van der Waals surface area contributed by atoms with Crippen LogP contribution in [0.3, 0.4) is 0 Å². The SMILES string of the molecule is Cc1[c]c(-c2cccc(F)c2)c(C(C)Nc2ncnc3[nH]cnc23)cc1Cl. The molecule has 0 fully saturated rings. The molecule has 4 aromatic rings. The number of hydrogen-bond acceptors (Lipinski definition) is 4. The van der Waals surface area contributed by atoms with E-state index in [1.54, 1.807) is 12.4 Å². The van der Waals surface area contributed by atoms with Crippen LogP contribution in [0.4, 0.5) is 10.2 Å². The third-order valence-electron chi connectivity index (χ3n) is 4.39. The summed E-state index contributed by atoms with van der Waals surface area (Å²) in [4.78, 5) is 15.7. The Morgan fingerprint density at radius 1 is 1.22 bits per heavy atom. The Balaban J connectivity index is 1.78. The molecule has 0 saturated heterocycles. The van der Waals surface area contributed by atoms with Gasteiger partial charge in [0.05, 0.1) is 12.4 Å². The number of benzene rings is 2. The second-order valence-corrected chi connectivity index (χ2v) is 6.68. The highest BCUT2D eigenvalue weighted by Gasteiger charge is 2.17. The van der Waals surface area contributed by atoms with Gasteiger partial charge in [0.25, 0.3) is 0 Å². The van der Waals surface area contributed by atoms with E-state index in [4.69, 9.17) is 11.6 Å². The summed E-state index contributed by atoms with van der Waals surface area (Å²) in [5.74, 6) is 0.310. The summed E-state index contributed by atoms with van der Waals surface area (Å²) in [6.45, 7) is 3.86. The number of anilines is 1. The third kappa shape index (κ3) is 3.36. The molecule has 0 aliphatic rings. The zero-order valence-corrected chi connectivity index (χ0v) is 15.5. The van der Waals surface area contributed by atoms with E-state index in [-0.39, 0.29) is 11.9 Å². The number of aryl methyl sites for hydroxylation is 1. The van der Waals surface area contributed by atoms with E-state index in [9.17, 15) is 4.39 Å². The molecule has 2 N–H and O–H groups in total. The summed E-state index contributed by atoms with van der Waals surface area (Å²) in [6.07, 6.45) is 3.04. The standard InChI is InChI=1S/C20H16ClFN5/c1-11-6-16(13-4-3-5-14(22)7-13)15(8-17(11)21)12(2)27-20-18-19(24-9-23-18)25-10-26-20/h3-5,7-10,12H,1-2H3,(H2,23,24,25,26,27). The van der Waals surface area contributed by atoms with Gasteiger partial charge in [0.1, 0.15) is 17.7 Å². The van der Waals surface area contributed by atoms with Crippen LogP contribution in [0.5, 0.6) is 0 Å². The zero-order chi connectivity index (χ0) is 19.0. The van der Waals surface area contributed by atoms with Gasteiger partial charge in [-0.1, -0.05) is 23.7 Å². The Labute approximate surface area is 160 Å². The van der Waals surface area contributed by atoms with Gasteiger partial charge in [-0.3, -0.25) is 0 Å². The van der Waals surface area contributed by atoms with Gasteiger partial charge in [0.2, 0.25) is 0 Å². The van der Waals surface area contributed by atoms with Crippen LogP contribution in [0.15, 0.2) is 43.0 Å². The molecule has 0 saturated carbocycles. The number of aromatic amines is 1. The Kier molecular flexibility index (Phi) is 4.49. The predicted molar refractivity (Wildman–Crippen MR) is 104 cm³/mol. The Morgan fingerprint density at radius 3 is 2.89 bits per heavy atom. The quantitative estimate of drug-likeness (QED) is 0.517. The summed E-state index contributed by atoms with van der Waals surface area (Å²) in [5.41, 5.74) is 4.54. The Hall–Kier alpha value is -2.99. The topological polar surface area (TPSA) is 66.5 Å². The number of hydrogen-bond donors (Lipinski definition) is 2. The van der Waals surface area contributed by atoms with Gasteiger partial charge in [-0.2, -0.15) is 0 Å². The zero-order valence-electron chi connectivity index (χ0n) is 14.7. The summed E-state index contributed by atoms with van der Waals surface area (Å²) < 4.78 is 13.8. The normalized spacial score (nSPS) is 12.3. The van der Waals surface area contributed by atoms with Gasteiger partial charge in [-0.25, -0.2) is 19.3 Å². The summed E-state index contributed by atoms with van der Waals surface area (Å²) in [5, 5.41) is 3.96. The van der Waals surface area contributed by atoms with Crippen molar-refractivity contribution in [3.63, 3.8) is 0 Å². The maximum Gasteiger partial charge on any atom is 0.162 e. The van der Waals surface area contributed by atoms with E-state index in [2.05, 4.69) is 31.3 Å². The number of H-pyrrole nitrogens is 1. The van der Waals surface area contributed by atoms with Crippen molar-refractivity contribution in [3.8, 4) is 11.1 Å². The van der Waals surface area contributed by atoms with Crippen molar-refractivity contribution in [1.29, 1.82) is 0 Å². The largest absolute Gasteiger partial charge is 0.362 e. The number of imidazole rings is 1. The first-order chi connectivity index (χ1) is 13.0. The van der Waals surface area contributed by atoms with Crippen LogP contribution >= 0.6 is 11.6 Å². The summed E-state index contributed by atoms with van der Waals surface area (Å²) >= 11 is 6.35. The van der Waals surface area contributed by atoms with Gasteiger partial charge >= 0.3 is 0 Å². The minimum absolute atomic E-state index is 0.174. The molecule has 1 unspecified atom stereocenters. The molecule has 0 bridgehead atoms. The lowest BCUT2D eigenvalue weighted by Gasteiger charge is -2.20. The van der Waals surface area contributed by atoms with Crippen LogP contribution in [0.1, 0.15) is 24.1 Å². The van der Waals surface area contributed by atoms with Crippen molar-refractivity contribution in [2.24, 2.45) is 0 Å². The molecule has 2 aromatic heterocycles. The van der Waals surface area contributed by atoms with Crippen molar-refractivity contribution in [2.75, 3.05) is 5.32 Å². The van der Waals surface area contributed by atoms with E-state index in [1.165, 1.54) is 18.5 Å². The van der Waals surface area contributed by atoms with E-state index < -0.39 is 0 Å². The summed E-state index contributed by atoms with van der Waals surface area (Å²) in [7, 11) is 0. The second kappa shape index (κ2) is 6.96. The van der Waals surface area contributed by atoms with E-state index in [0.717, 1.165) is 22.3 Å². The van der Waals surface area contributed by atoms with Crippen LogP contribution in [-0.4, -0.2) is 19.9 Å². The summed E-state index contributed by atoms with van der Waals surface area (Å²) in [6, 6.07) is 11.5. The maximum atomic E-state index is 13.8. The number of halogens is 2. The lowest BCUT2D eigenvalue weighted by molar-refractivity contribution is 0.628. The molecule has 5 nitrogen and oxygen atoms in total. The fourth-order valence-corrected chi connectivity index (χ4v) is 3.18. The minimum Gasteiger partial charge on any atom is -0.362 e. The van der Waals surface area contributed by atoms with Crippen LogP contribution in [0.25, 0.3) is 22.3 Å². The van der Waals surface area contributed by atoms with Crippen molar-refractivity contribution in [2.45, 2.75) is 19.9 Å². The first kappa shape index (κ1) is 17.4. The van der Waals surface area contributed by atoms with Crippen LogP contribution in [0.2, 0.25) is 5.02 Å². The van der Waals surface area contributed by atoms with Gasteiger partial charge in [-0.05, 0) is 60.4 Å². The smallest absolute Gasteiger partial charge is 0.162 e. The first-order valence-electron chi connectivity index (χ1n) is 8.42. The van der Waals surface area contributed by atoms with Crippen LogP contribution < -0.4 is 5.32 Å². The average molecular weight is 381 g/mol. The molecule has 0 aliphatic heterocycles. The van der Waals surface area contributed by atoms with E-state index >= 15 is 0 Å². The van der Waals surface area contributed by atoms with Crippen molar-refractivity contribution in [1.82, 2.24) is 19.9 Å². The lowest BCUT2D eigenvalue weighted by atomic mass is 9.93. The fraction of sp³-hybridized carbons (Fsp3) is 0.150. The number of fused-ring (bicyclic) bond motifs is 1. The van der Waals surface area contributed by atoms with Gasteiger partial charge < -0.3 is 10.3 Å². The monoisotopic (exact) mass is 380 g/mol.